The molecule has 5 heterocycles. The minimum Gasteiger partial charge on any atom is -0.491 e. The van der Waals surface area contributed by atoms with Crippen molar-refractivity contribution in [1.29, 1.82) is 0 Å². The van der Waals surface area contributed by atoms with Crippen LogP contribution in [0.3, 0.4) is 0 Å². The average molecular weight is 865 g/mol. The number of para-hydroxylation sites is 2. The average Bonchev–Trinajstić information content (AvgIpc) is 3.98. The van der Waals surface area contributed by atoms with E-state index >= 15 is 0 Å². The van der Waals surface area contributed by atoms with Crippen molar-refractivity contribution < 1.29 is 27.8 Å². The highest BCUT2D eigenvalue weighted by molar-refractivity contribution is 5.79. The van der Waals surface area contributed by atoms with Crippen LogP contribution in [0.1, 0.15) is 11.4 Å². The SMILES string of the molecule is O=c1cc(-c2ccc(OCCOCCn3cc(CN4CCN(Cc5cn(CCOCCOc6ccc(-c7cc(=O)c8ccccc8o7)cc6)nn5)CC4)nn3)cc2)oc2ccccc12. The van der Waals surface area contributed by atoms with Gasteiger partial charge in [-0.1, -0.05) is 34.7 Å². The summed E-state index contributed by atoms with van der Waals surface area (Å²) in [5.74, 6) is 2.45. The predicted octanol–water partition coefficient (Wildman–Crippen LogP) is 5.93. The zero-order chi connectivity index (χ0) is 43.5. The molecule has 1 saturated heterocycles. The maximum absolute atomic E-state index is 12.5. The number of ether oxygens (including phenoxy) is 4. The van der Waals surface area contributed by atoms with Crippen molar-refractivity contribution in [3.05, 3.63) is 153 Å². The van der Waals surface area contributed by atoms with E-state index in [9.17, 15) is 9.59 Å². The number of benzene rings is 4. The Morgan fingerprint density at radius 3 is 1.36 bits per heavy atom. The first kappa shape index (κ1) is 42.3. The summed E-state index contributed by atoms with van der Waals surface area (Å²) < 4.78 is 38.8. The minimum atomic E-state index is -0.0692. The highest BCUT2D eigenvalue weighted by atomic mass is 16.5. The van der Waals surface area contributed by atoms with Gasteiger partial charge >= 0.3 is 0 Å². The molecule has 64 heavy (non-hydrogen) atoms. The number of rotatable bonds is 20. The Morgan fingerprint density at radius 2 is 0.922 bits per heavy atom. The van der Waals surface area contributed by atoms with Crippen molar-refractivity contribution in [2.24, 2.45) is 0 Å². The van der Waals surface area contributed by atoms with Gasteiger partial charge in [0.05, 0.1) is 61.7 Å². The molecular formula is C48H48N8O8. The predicted molar refractivity (Wildman–Crippen MR) is 239 cm³/mol. The Balaban J connectivity index is 0.609. The van der Waals surface area contributed by atoms with Crippen LogP contribution in [-0.2, 0) is 35.7 Å². The normalized spacial score (nSPS) is 13.5. The number of aromatic nitrogens is 6. The van der Waals surface area contributed by atoms with Gasteiger partial charge in [0.15, 0.2) is 10.9 Å². The van der Waals surface area contributed by atoms with E-state index in [0.717, 1.165) is 61.8 Å². The molecule has 0 aliphatic carbocycles. The second-order valence-corrected chi connectivity index (χ2v) is 15.4. The molecule has 4 aromatic carbocycles. The molecule has 328 valence electrons. The van der Waals surface area contributed by atoms with Crippen LogP contribution in [0.5, 0.6) is 11.5 Å². The van der Waals surface area contributed by atoms with E-state index in [0.29, 0.717) is 97.7 Å². The molecule has 0 amide bonds. The Bertz CT molecular complexity index is 2690. The smallest absolute Gasteiger partial charge is 0.193 e. The van der Waals surface area contributed by atoms with E-state index in [2.05, 4.69) is 30.4 Å². The van der Waals surface area contributed by atoms with E-state index in [1.165, 1.54) is 12.1 Å². The fourth-order valence-corrected chi connectivity index (χ4v) is 7.48. The Labute approximate surface area is 368 Å². The molecule has 0 N–H and O–H groups in total. The molecular weight excluding hydrogens is 817 g/mol. The molecule has 0 unspecified atom stereocenters. The number of piperazine rings is 1. The molecule has 0 radical (unpaired) electrons. The quantitative estimate of drug-likeness (QED) is 0.0829. The van der Waals surface area contributed by atoms with Crippen LogP contribution >= 0.6 is 0 Å². The fraction of sp³-hybridized carbons (Fsp3) is 0.292. The molecule has 1 aliphatic heterocycles. The maximum atomic E-state index is 12.5. The van der Waals surface area contributed by atoms with Crippen molar-refractivity contribution in [3.63, 3.8) is 0 Å². The second kappa shape index (κ2) is 20.5. The molecule has 1 aliphatic rings. The number of nitrogens with zero attached hydrogens (tertiary/aromatic N) is 8. The van der Waals surface area contributed by atoms with E-state index in [4.69, 9.17) is 27.8 Å². The largest absolute Gasteiger partial charge is 0.491 e. The molecule has 8 aromatic rings. The maximum Gasteiger partial charge on any atom is 0.193 e. The number of hydrogen-bond donors (Lipinski definition) is 0. The third kappa shape index (κ3) is 11.0. The van der Waals surface area contributed by atoms with E-state index in [1.54, 1.807) is 24.3 Å². The standard InChI is InChI=1S/C48H48N8O8/c57-43-29-47(63-45-7-3-1-5-41(43)45)35-9-13-39(14-10-35)61-27-25-59-23-21-55-33-37(49-51-55)31-53-17-19-54(20-18-53)32-38-34-56(52-50-38)22-24-60-26-28-62-40-15-11-36(12-16-40)48-30-44(58)42-6-2-4-8-46(42)64-48/h1-16,29-30,33-34H,17-28,31-32H2. The van der Waals surface area contributed by atoms with Gasteiger partial charge in [-0.05, 0) is 72.8 Å². The van der Waals surface area contributed by atoms with Crippen molar-refractivity contribution in [3.8, 4) is 34.1 Å². The topological polar surface area (TPSA) is 165 Å². The molecule has 0 saturated carbocycles. The highest BCUT2D eigenvalue weighted by Gasteiger charge is 2.19. The number of hydrogen-bond acceptors (Lipinski definition) is 14. The molecule has 4 aromatic heterocycles. The summed E-state index contributed by atoms with van der Waals surface area (Å²) in [5.41, 5.74) is 4.46. The summed E-state index contributed by atoms with van der Waals surface area (Å²) >= 11 is 0. The highest BCUT2D eigenvalue weighted by Crippen LogP contribution is 2.26. The lowest BCUT2D eigenvalue weighted by Crippen LogP contribution is -2.45. The van der Waals surface area contributed by atoms with Crippen LogP contribution in [0.25, 0.3) is 44.6 Å². The van der Waals surface area contributed by atoms with Gasteiger partial charge in [0.1, 0.15) is 47.4 Å². The lowest BCUT2D eigenvalue weighted by Gasteiger charge is -2.33. The first-order valence-corrected chi connectivity index (χ1v) is 21.4. The molecule has 16 heteroatoms. The zero-order valence-electron chi connectivity index (χ0n) is 35.3. The van der Waals surface area contributed by atoms with Crippen LogP contribution < -0.4 is 20.3 Å². The molecule has 0 spiro atoms. The summed E-state index contributed by atoms with van der Waals surface area (Å²) in [6.07, 6.45) is 3.96. The third-order valence-electron chi connectivity index (χ3n) is 10.9. The van der Waals surface area contributed by atoms with Gasteiger partial charge in [-0.15, -0.1) is 10.2 Å². The van der Waals surface area contributed by atoms with Gasteiger partial charge < -0.3 is 27.8 Å². The van der Waals surface area contributed by atoms with Crippen LogP contribution in [-0.4, -0.2) is 106 Å². The summed E-state index contributed by atoms with van der Waals surface area (Å²) in [4.78, 5) is 29.7. The summed E-state index contributed by atoms with van der Waals surface area (Å²) in [6, 6.07) is 32.4. The van der Waals surface area contributed by atoms with Crippen LogP contribution in [0.4, 0.5) is 0 Å². The molecule has 0 bridgehead atoms. The van der Waals surface area contributed by atoms with Crippen LogP contribution in [0, 0.1) is 0 Å². The Hall–Kier alpha value is -6.98. The van der Waals surface area contributed by atoms with Crippen molar-refractivity contribution in [1.82, 2.24) is 39.8 Å². The molecule has 9 rings (SSSR count). The zero-order valence-corrected chi connectivity index (χ0v) is 35.3. The van der Waals surface area contributed by atoms with Gasteiger partial charge in [-0.3, -0.25) is 19.4 Å². The van der Waals surface area contributed by atoms with Gasteiger partial charge in [0.25, 0.3) is 0 Å². The lowest BCUT2D eigenvalue weighted by atomic mass is 10.1. The Morgan fingerprint density at radius 1 is 0.500 bits per heavy atom. The van der Waals surface area contributed by atoms with Gasteiger partial charge in [0, 0.05) is 74.9 Å². The molecule has 1 fully saturated rings. The second-order valence-electron chi connectivity index (χ2n) is 15.4. The first-order chi connectivity index (χ1) is 31.5. The van der Waals surface area contributed by atoms with E-state index in [1.807, 2.05) is 94.6 Å². The third-order valence-corrected chi connectivity index (χ3v) is 10.9. The monoisotopic (exact) mass is 864 g/mol. The first-order valence-electron chi connectivity index (χ1n) is 21.4. The van der Waals surface area contributed by atoms with E-state index < -0.39 is 0 Å². The van der Waals surface area contributed by atoms with Crippen molar-refractivity contribution in [2.75, 3.05) is 65.8 Å². The van der Waals surface area contributed by atoms with E-state index in [-0.39, 0.29) is 10.9 Å². The fourth-order valence-electron chi connectivity index (χ4n) is 7.48. The van der Waals surface area contributed by atoms with Crippen LogP contribution in [0.2, 0.25) is 0 Å². The van der Waals surface area contributed by atoms with Gasteiger partial charge in [0.2, 0.25) is 0 Å². The summed E-state index contributed by atoms with van der Waals surface area (Å²) in [5, 5.41) is 18.5. The minimum absolute atomic E-state index is 0.0692. The summed E-state index contributed by atoms with van der Waals surface area (Å²) in [6.45, 7) is 9.06. The van der Waals surface area contributed by atoms with Crippen molar-refractivity contribution in [2.45, 2.75) is 26.2 Å². The van der Waals surface area contributed by atoms with Crippen molar-refractivity contribution >= 4 is 21.9 Å². The number of fused-ring (bicyclic) bond motifs is 2. The van der Waals surface area contributed by atoms with Gasteiger partial charge in [-0.25, -0.2) is 9.36 Å². The Kier molecular flexibility index (Phi) is 13.5. The molecule has 0 atom stereocenters. The molecule has 16 nitrogen and oxygen atoms in total. The van der Waals surface area contributed by atoms with Crippen LogP contribution in [0.15, 0.2) is 140 Å². The van der Waals surface area contributed by atoms with Gasteiger partial charge in [-0.2, -0.15) is 0 Å². The lowest BCUT2D eigenvalue weighted by molar-refractivity contribution is 0.0923. The summed E-state index contributed by atoms with van der Waals surface area (Å²) in [7, 11) is 0.